The lowest BCUT2D eigenvalue weighted by Gasteiger charge is -2.05. The van der Waals surface area contributed by atoms with Crippen molar-refractivity contribution in [1.82, 2.24) is 0 Å². The highest BCUT2D eigenvalue weighted by atomic mass is 16.5. The maximum atomic E-state index is 9.18. The first kappa shape index (κ1) is 10.9. The van der Waals surface area contributed by atoms with E-state index in [0.717, 1.165) is 32.3 Å². The molecule has 1 N–H and O–H groups in total. The van der Waals surface area contributed by atoms with Gasteiger partial charge in [-0.1, -0.05) is 19.8 Å². The van der Waals surface area contributed by atoms with E-state index in [2.05, 4.69) is 0 Å². The van der Waals surface area contributed by atoms with E-state index in [1.165, 1.54) is 6.42 Å². The Morgan fingerprint density at radius 2 is 2.00 bits per heavy atom. The Balaban J connectivity index is 2.89. The molecular formula is C9H20O2. The molecule has 0 heterocycles. The Morgan fingerprint density at radius 1 is 1.27 bits per heavy atom. The topological polar surface area (TPSA) is 29.5 Å². The second-order valence-corrected chi connectivity index (χ2v) is 2.90. The van der Waals surface area contributed by atoms with Gasteiger partial charge in [0, 0.05) is 13.7 Å². The van der Waals surface area contributed by atoms with Crippen LogP contribution in [0.15, 0.2) is 0 Å². The van der Waals surface area contributed by atoms with Crippen LogP contribution in [-0.2, 0) is 4.74 Å². The number of hydrogen-bond acceptors (Lipinski definition) is 2. The first-order chi connectivity index (χ1) is 5.31. The molecule has 0 bridgehead atoms. The van der Waals surface area contributed by atoms with Gasteiger partial charge in [0.1, 0.15) is 0 Å². The van der Waals surface area contributed by atoms with Crippen LogP contribution in [0, 0.1) is 0 Å². The molecule has 0 spiro atoms. The van der Waals surface area contributed by atoms with Crippen molar-refractivity contribution in [1.29, 1.82) is 0 Å². The quantitative estimate of drug-likeness (QED) is 0.577. The van der Waals surface area contributed by atoms with Crippen molar-refractivity contribution in [2.75, 3.05) is 13.7 Å². The Labute approximate surface area is 69.6 Å². The number of rotatable bonds is 7. The summed E-state index contributed by atoms with van der Waals surface area (Å²) in [5.74, 6) is 0. The Morgan fingerprint density at radius 3 is 2.55 bits per heavy atom. The molecule has 0 rings (SSSR count). The van der Waals surface area contributed by atoms with Gasteiger partial charge >= 0.3 is 0 Å². The highest BCUT2D eigenvalue weighted by Gasteiger charge is 1.98. The molecule has 0 aromatic rings. The van der Waals surface area contributed by atoms with Crippen LogP contribution in [-0.4, -0.2) is 24.9 Å². The van der Waals surface area contributed by atoms with Crippen molar-refractivity contribution < 1.29 is 9.84 Å². The third kappa shape index (κ3) is 7.82. The normalized spacial score (nSPS) is 13.4. The standard InChI is InChI=1S/C9H20O2/c1-3-9(10)7-5-4-6-8-11-2/h9-10H,3-8H2,1-2H3. The molecule has 11 heavy (non-hydrogen) atoms. The minimum absolute atomic E-state index is 0.0856. The highest BCUT2D eigenvalue weighted by Crippen LogP contribution is 2.05. The molecule has 68 valence electrons. The van der Waals surface area contributed by atoms with Crippen molar-refractivity contribution in [2.24, 2.45) is 0 Å². The van der Waals surface area contributed by atoms with Gasteiger partial charge in [-0.2, -0.15) is 0 Å². The molecule has 0 aliphatic heterocycles. The molecule has 1 atom stereocenters. The molecule has 0 aromatic heterocycles. The lowest BCUT2D eigenvalue weighted by molar-refractivity contribution is 0.152. The van der Waals surface area contributed by atoms with E-state index in [1.807, 2.05) is 6.92 Å². The van der Waals surface area contributed by atoms with Crippen LogP contribution in [0.5, 0.6) is 0 Å². The molecule has 0 aromatic carbocycles. The number of hydrogen-bond donors (Lipinski definition) is 1. The van der Waals surface area contributed by atoms with Gasteiger partial charge in [-0.15, -0.1) is 0 Å². The SMILES string of the molecule is CCC(O)CCCCCOC. The number of methoxy groups -OCH3 is 1. The summed E-state index contributed by atoms with van der Waals surface area (Å²) >= 11 is 0. The third-order valence-corrected chi connectivity index (χ3v) is 1.86. The highest BCUT2D eigenvalue weighted by molar-refractivity contribution is 4.52. The predicted octanol–water partition coefficient (Wildman–Crippen LogP) is 1.96. The smallest absolute Gasteiger partial charge is 0.0537 e. The van der Waals surface area contributed by atoms with E-state index in [-0.39, 0.29) is 6.10 Å². The lowest BCUT2D eigenvalue weighted by atomic mass is 10.1. The van der Waals surface area contributed by atoms with Crippen molar-refractivity contribution in [3.63, 3.8) is 0 Å². The fraction of sp³-hybridized carbons (Fsp3) is 1.00. The Bertz CT molecular complexity index is 74.0. The van der Waals surface area contributed by atoms with Crippen LogP contribution in [0.2, 0.25) is 0 Å². The maximum absolute atomic E-state index is 9.18. The first-order valence-electron chi connectivity index (χ1n) is 4.48. The van der Waals surface area contributed by atoms with Crippen LogP contribution in [0.1, 0.15) is 39.0 Å². The molecule has 0 saturated heterocycles. The molecule has 0 fully saturated rings. The van der Waals surface area contributed by atoms with Gasteiger partial charge < -0.3 is 9.84 Å². The van der Waals surface area contributed by atoms with Crippen LogP contribution in [0.4, 0.5) is 0 Å². The van der Waals surface area contributed by atoms with Gasteiger partial charge in [-0.05, 0) is 19.3 Å². The number of aliphatic hydroxyl groups excluding tert-OH is 1. The van der Waals surface area contributed by atoms with E-state index in [4.69, 9.17) is 4.74 Å². The van der Waals surface area contributed by atoms with Crippen LogP contribution in [0.3, 0.4) is 0 Å². The van der Waals surface area contributed by atoms with Gasteiger partial charge in [-0.3, -0.25) is 0 Å². The maximum Gasteiger partial charge on any atom is 0.0537 e. The van der Waals surface area contributed by atoms with Crippen molar-refractivity contribution >= 4 is 0 Å². The molecular weight excluding hydrogens is 140 g/mol. The summed E-state index contributed by atoms with van der Waals surface area (Å²) in [5, 5.41) is 9.18. The summed E-state index contributed by atoms with van der Waals surface area (Å²) in [7, 11) is 1.72. The summed E-state index contributed by atoms with van der Waals surface area (Å²) in [6.45, 7) is 2.86. The molecule has 0 aliphatic rings. The van der Waals surface area contributed by atoms with E-state index in [9.17, 15) is 5.11 Å². The monoisotopic (exact) mass is 160 g/mol. The van der Waals surface area contributed by atoms with Gasteiger partial charge in [0.05, 0.1) is 6.10 Å². The predicted molar refractivity (Wildman–Crippen MR) is 46.6 cm³/mol. The van der Waals surface area contributed by atoms with Gasteiger partial charge in [0.2, 0.25) is 0 Å². The fourth-order valence-corrected chi connectivity index (χ4v) is 1.01. The van der Waals surface area contributed by atoms with Gasteiger partial charge in [0.25, 0.3) is 0 Å². The Kier molecular flexibility index (Phi) is 7.96. The summed E-state index contributed by atoms with van der Waals surface area (Å²) < 4.78 is 4.91. The van der Waals surface area contributed by atoms with Crippen molar-refractivity contribution in [2.45, 2.75) is 45.1 Å². The molecule has 1 unspecified atom stereocenters. The summed E-state index contributed by atoms with van der Waals surface area (Å²) in [4.78, 5) is 0. The van der Waals surface area contributed by atoms with E-state index in [1.54, 1.807) is 7.11 Å². The lowest BCUT2D eigenvalue weighted by Crippen LogP contribution is -2.03. The molecule has 0 radical (unpaired) electrons. The van der Waals surface area contributed by atoms with E-state index in [0.29, 0.717) is 0 Å². The molecule has 0 amide bonds. The van der Waals surface area contributed by atoms with Crippen molar-refractivity contribution in [3.05, 3.63) is 0 Å². The molecule has 0 saturated carbocycles. The summed E-state index contributed by atoms with van der Waals surface area (Å²) in [6.07, 6.45) is 5.15. The number of aliphatic hydroxyl groups is 1. The van der Waals surface area contributed by atoms with Gasteiger partial charge in [-0.25, -0.2) is 0 Å². The third-order valence-electron chi connectivity index (χ3n) is 1.86. The zero-order chi connectivity index (χ0) is 8.53. The van der Waals surface area contributed by atoms with E-state index >= 15 is 0 Å². The van der Waals surface area contributed by atoms with Crippen molar-refractivity contribution in [3.8, 4) is 0 Å². The first-order valence-corrected chi connectivity index (χ1v) is 4.48. The van der Waals surface area contributed by atoms with Crippen LogP contribution >= 0.6 is 0 Å². The van der Waals surface area contributed by atoms with Crippen LogP contribution in [0.25, 0.3) is 0 Å². The van der Waals surface area contributed by atoms with Gasteiger partial charge in [0.15, 0.2) is 0 Å². The summed E-state index contributed by atoms with van der Waals surface area (Å²) in [5.41, 5.74) is 0. The minimum atomic E-state index is -0.0856. The minimum Gasteiger partial charge on any atom is -0.393 e. The second-order valence-electron chi connectivity index (χ2n) is 2.90. The number of unbranched alkanes of at least 4 members (excludes halogenated alkanes) is 2. The zero-order valence-corrected chi connectivity index (χ0v) is 7.68. The average molecular weight is 160 g/mol. The second kappa shape index (κ2) is 8.02. The molecule has 2 heteroatoms. The number of ether oxygens (including phenoxy) is 1. The zero-order valence-electron chi connectivity index (χ0n) is 7.68. The summed E-state index contributed by atoms with van der Waals surface area (Å²) in [6, 6.07) is 0. The fourth-order valence-electron chi connectivity index (χ4n) is 1.01. The molecule has 2 nitrogen and oxygen atoms in total. The Hall–Kier alpha value is -0.0800. The largest absolute Gasteiger partial charge is 0.393 e. The van der Waals surface area contributed by atoms with Crippen LogP contribution < -0.4 is 0 Å². The van der Waals surface area contributed by atoms with E-state index < -0.39 is 0 Å². The molecule has 0 aliphatic carbocycles. The average Bonchev–Trinajstić information content (AvgIpc) is 2.04.